The van der Waals surface area contributed by atoms with Crippen LogP contribution in [0.2, 0.25) is 0 Å². The molecule has 1 saturated carbocycles. The second-order valence-electron chi connectivity index (χ2n) is 6.48. The molecule has 2 aliphatic rings. The molecule has 3 heterocycles. The Morgan fingerprint density at radius 3 is 3.08 bits per heavy atom. The fraction of sp³-hybridized carbons (Fsp3) is 0.500. The highest BCUT2D eigenvalue weighted by molar-refractivity contribution is 7.09. The Morgan fingerprint density at radius 1 is 1.33 bits per heavy atom. The van der Waals surface area contributed by atoms with Crippen LogP contribution in [0.15, 0.2) is 40.3 Å². The molecule has 24 heavy (non-hydrogen) atoms. The molecular weight excluding hydrogens is 324 g/mol. The first-order valence-corrected chi connectivity index (χ1v) is 9.39. The molecule has 0 aromatic carbocycles. The molecule has 1 aliphatic carbocycles. The highest BCUT2D eigenvalue weighted by Gasteiger charge is 2.42. The first-order chi connectivity index (χ1) is 11.8. The summed E-state index contributed by atoms with van der Waals surface area (Å²) in [5.41, 5.74) is 0. The molecule has 128 valence electrons. The number of hydrogen-bond donors (Lipinski definition) is 1. The zero-order valence-corrected chi connectivity index (χ0v) is 14.3. The van der Waals surface area contributed by atoms with E-state index in [0.717, 1.165) is 32.5 Å². The van der Waals surface area contributed by atoms with Gasteiger partial charge < -0.3 is 14.5 Å². The van der Waals surface area contributed by atoms with Crippen LogP contribution >= 0.6 is 11.3 Å². The third kappa shape index (κ3) is 3.27. The predicted molar refractivity (Wildman–Crippen MR) is 92.0 cm³/mol. The van der Waals surface area contributed by atoms with Crippen molar-refractivity contribution in [1.29, 1.82) is 0 Å². The molecule has 2 aromatic rings. The molecule has 5 nitrogen and oxygen atoms in total. The number of amides is 1. The van der Waals surface area contributed by atoms with Crippen LogP contribution in [0.1, 0.15) is 28.3 Å². The molecule has 3 atom stereocenters. The largest absolute Gasteiger partial charge is 0.459 e. The van der Waals surface area contributed by atoms with Crippen molar-refractivity contribution in [1.82, 2.24) is 10.2 Å². The van der Waals surface area contributed by atoms with Gasteiger partial charge in [0.05, 0.1) is 19.0 Å². The first kappa shape index (κ1) is 15.9. The van der Waals surface area contributed by atoms with Crippen LogP contribution in [-0.4, -0.2) is 42.6 Å². The van der Waals surface area contributed by atoms with Gasteiger partial charge in [0.15, 0.2) is 5.76 Å². The zero-order chi connectivity index (χ0) is 16.4. The molecular formula is C18H22N2O3S. The number of fused-ring (bicyclic) bond motifs is 1. The van der Waals surface area contributed by atoms with Gasteiger partial charge in [0.1, 0.15) is 0 Å². The summed E-state index contributed by atoms with van der Waals surface area (Å²) in [6.45, 7) is 3.42. The lowest BCUT2D eigenvalue weighted by Crippen LogP contribution is -2.50. The molecule has 4 rings (SSSR count). The molecule has 3 unspecified atom stereocenters. The van der Waals surface area contributed by atoms with E-state index in [1.807, 2.05) is 11.3 Å². The molecule has 1 amide bonds. The van der Waals surface area contributed by atoms with Crippen molar-refractivity contribution in [3.05, 3.63) is 46.5 Å². The van der Waals surface area contributed by atoms with Gasteiger partial charge in [-0.25, -0.2) is 0 Å². The Hall–Kier alpha value is -1.63. The molecule has 0 spiro atoms. The van der Waals surface area contributed by atoms with Gasteiger partial charge in [-0.2, -0.15) is 0 Å². The first-order valence-electron chi connectivity index (χ1n) is 8.51. The van der Waals surface area contributed by atoms with Crippen molar-refractivity contribution in [2.24, 2.45) is 5.92 Å². The minimum atomic E-state index is -0.144. The number of thiophene rings is 1. The topological polar surface area (TPSA) is 54.7 Å². The quantitative estimate of drug-likeness (QED) is 0.904. The smallest absolute Gasteiger partial charge is 0.286 e. The lowest BCUT2D eigenvalue weighted by molar-refractivity contribution is -0.0754. The molecule has 0 bridgehead atoms. The highest BCUT2D eigenvalue weighted by atomic mass is 32.1. The van der Waals surface area contributed by atoms with E-state index in [2.05, 4.69) is 27.7 Å². The summed E-state index contributed by atoms with van der Waals surface area (Å²) in [5, 5.41) is 5.13. The fourth-order valence-electron chi connectivity index (χ4n) is 3.87. The van der Waals surface area contributed by atoms with E-state index >= 15 is 0 Å². The minimum Gasteiger partial charge on any atom is -0.459 e. The Kier molecular flexibility index (Phi) is 4.69. The van der Waals surface area contributed by atoms with Crippen molar-refractivity contribution in [3.63, 3.8) is 0 Å². The number of morpholine rings is 1. The molecule has 1 N–H and O–H groups in total. The molecule has 6 heteroatoms. The molecule has 1 saturated heterocycles. The van der Waals surface area contributed by atoms with Gasteiger partial charge in [0.25, 0.3) is 5.91 Å². The van der Waals surface area contributed by atoms with Gasteiger partial charge in [-0.3, -0.25) is 9.69 Å². The Labute approximate surface area is 145 Å². The van der Waals surface area contributed by atoms with E-state index in [4.69, 9.17) is 9.15 Å². The average molecular weight is 346 g/mol. The number of carbonyl (C=O) groups is 1. The summed E-state index contributed by atoms with van der Waals surface area (Å²) in [5.74, 6) is 0.600. The summed E-state index contributed by atoms with van der Waals surface area (Å²) < 4.78 is 11.2. The van der Waals surface area contributed by atoms with E-state index in [-0.39, 0.29) is 12.0 Å². The van der Waals surface area contributed by atoms with Crippen LogP contribution in [0, 0.1) is 5.92 Å². The maximum Gasteiger partial charge on any atom is 0.286 e. The normalized spacial score (nSPS) is 27.1. The second-order valence-corrected chi connectivity index (χ2v) is 7.51. The van der Waals surface area contributed by atoms with Gasteiger partial charge in [0.2, 0.25) is 0 Å². The van der Waals surface area contributed by atoms with E-state index < -0.39 is 0 Å². The summed E-state index contributed by atoms with van der Waals surface area (Å²) in [4.78, 5) is 16.0. The molecule has 2 fully saturated rings. The van der Waals surface area contributed by atoms with Crippen molar-refractivity contribution in [3.8, 4) is 0 Å². The summed E-state index contributed by atoms with van der Waals surface area (Å²) in [6.07, 6.45) is 3.97. The van der Waals surface area contributed by atoms with Crippen LogP contribution < -0.4 is 5.32 Å². The highest BCUT2D eigenvalue weighted by Crippen LogP contribution is 2.35. The number of ether oxygens (including phenoxy) is 1. The fourth-order valence-corrected chi connectivity index (χ4v) is 4.60. The molecule has 0 radical (unpaired) electrons. The Bertz CT molecular complexity index is 656. The van der Waals surface area contributed by atoms with Crippen LogP contribution in [0.3, 0.4) is 0 Å². The van der Waals surface area contributed by atoms with Crippen LogP contribution in [0.4, 0.5) is 0 Å². The Morgan fingerprint density at radius 2 is 2.29 bits per heavy atom. The Balaban J connectivity index is 1.35. The lowest BCUT2D eigenvalue weighted by Gasteiger charge is -2.39. The van der Waals surface area contributed by atoms with Crippen molar-refractivity contribution in [2.75, 3.05) is 19.7 Å². The van der Waals surface area contributed by atoms with Crippen molar-refractivity contribution in [2.45, 2.75) is 31.5 Å². The minimum absolute atomic E-state index is 0.144. The van der Waals surface area contributed by atoms with Gasteiger partial charge in [-0.05, 0) is 36.4 Å². The third-order valence-electron chi connectivity index (χ3n) is 5.04. The maximum absolute atomic E-state index is 12.0. The number of nitrogens with one attached hydrogen (secondary N) is 1. The standard InChI is InChI=1S/C18H22N2O3S/c21-18(16-4-1-8-22-16)19-11-13-5-6-15-17(13)23-9-7-20(15)12-14-3-2-10-24-14/h1-4,8,10,13,15,17H,5-7,9,11-12H2,(H,19,21). The second kappa shape index (κ2) is 7.09. The monoisotopic (exact) mass is 346 g/mol. The summed E-state index contributed by atoms with van der Waals surface area (Å²) in [7, 11) is 0. The van der Waals surface area contributed by atoms with Crippen molar-refractivity contribution < 1.29 is 13.9 Å². The predicted octanol–water partition coefficient (Wildman–Crippen LogP) is 2.75. The van der Waals surface area contributed by atoms with E-state index in [0.29, 0.717) is 24.3 Å². The molecule has 2 aromatic heterocycles. The summed E-state index contributed by atoms with van der Waals surface area (Å²) >= 11 is 1.81. The van der Waals surface area contributed by atoms with Crippen LogP contribution in [0.5, 0.6) is 0 Å². The molecule has 1 aliphatic heterocycles. The van der Waals surface area contributed by atoms with Crippen LogP contribution in [-0.2, 0) is 11.3 Å². The lowest BCUT2D eigenvalue weighted by atomic mass is 10.0. The number of nitrogens with zero attached hydrogens (tertiary/aromatic N) is 1. The van der Waals surface area contributed by atoms with Crippen molar-refractivity contribution >= 4 is 17.2 Å². The summed E-state index contributed by atoms with van der Waals surface area (Å²) in [6, 6.07) is 8.19. The van der Waals surface area contributed by atoms with E-state index in [1.54, 1.807) is 12.1 Å². The number of furan rings is 1. The number of hydrogen-bond acceptors (Lipinski definition) is 5. The van der Waals surface area contributed by atoms with E-state index in [9.17, 15) is 4.79 Å². The zero-order valence-electron chi connectivity index (χ0n) is 13.5. The van der Waals surface area contributed by atoms with E-state index in [1.165, 1.54) is 11.1 Å². The van der Waals surface area contributed by atoms with Crippen LogP contribution in [0.25, 0.3) is 0 Å². The average Bonchev–Trinajstić information content (AvgIpc) is 3.34. The van der Waals surface area contributed by atoms with Gasteiger partial charge in [-0.15, -0.1) is 11.3 Å². The van der Waals surface area contributed by atoms with Gasteiger partial charge in [-0.1, -0.05) is 6.07 Å². The number of rotatable bonds is 5. The maximum atomic E-state index is 12.0. The van der Waals surface area contributed by atoms with Gasteiger partial charge >= 0.3 is 0 Å². The number of carbonyl (C=O) groups excluding carboxylic acids is 1. The van der Waals surface area contributed by atoms with Gasteiger partial charge in [0, 0.05) is 36.5 Å². The SMILES string of the molecule is O=C(NCC1CCC2C1OCCN2Cc1cccs1)c1ccco1. The third-order valence-corrected chi connectivity index (χ3v) is 5.90.